The monoisotopic (exact) mass is 367 g/mol. The Morgan fingerprint density at radius 2 is 1.78 bits per heavy atom. The van der Waals surface area contributed by atoms with Crippen LogP contribution >= 0.6 is 0 Å². The molecule has 0 saturated carbocycles. The van der Waals surface area contributed by atoms with Crippen molar-refractivity contribution in [3.05, 3.63) is 59.7 Å². The zero-order chi connectivity index (χ0) is 19.1. The number of piperazine rings is 1. The average molecular weight is 367 g/mol. The minimum atomic E-state index is 0.0267. The van der Waals surface area contributed by atoms with Crippen LogP contribution in [0.2, 0.25) is 0 Å². The summed E-state index contributed by atoms with van der Waals surface area (Å²) < 4.78 is 5.24. The fourth-order valence-corrected chi connectivity index (χ4v) is 3.36. The van der Waals surface area contributed by atoms with Crippen molar-refractivity contribution in [1.82, 2.24) is 10.2 Å². The number of anilines is 1. The maximum atomic E-state index is 12.4. The highest BCUT2D eigenvalue weighted by Gasteiger charge is 2.20. The van der Waals surface area contributed by atoms with Crippen molar-refractivity contribution in [2.75, 3.05) is 44.7 Å². The van der Waals surface area contributed by atoms with Crippen molar-refractivity contribution >= 4 is 11.7 Å². The van der Waals surface area contributed by atoms with Gasteiger partial charge in [-0.3, -0.25) is 0 Å². The molecule has 1 aliphatic rings. The van der Waals surface area contributed by atoms with Crippen molar-refractivity contribution in [3.8, 4) is 5.75 Å². The number of hydrogen-bond donors (Lipinski definition) is 1. The number of amides is 2. The molecule has 27 heavy (non-hydrogen) atoms. The number of hydrogen-bond acceptors (Lipinski definition) is 3. The molecule has 0 radical (unpaired) electrons. The van der Waals surface area contributed by atoms with Crippen molar-refractivity contribution in [2.45, 2.75) is 19.8 Å². The molecular formula is C22H29N3O2. The van der Waals surface area contributed by atoms with E-state index in [-0.39, 0.29) is 6.03 Å². The van der Waals surface area contributed by atoms with Crippen LogP contribution in [0.4, 0.5) is 10.5 Å². The van der Waals surface area contributed by atoms with Crippen LogP contribution in [0.25, 0.3) is 0 Å². The second-order valence-electron chi connectivity index (χ2n) is 6.83. The third-order valence-electron chi connectivity index (χ3n) is 5.10. The molecule has 3 rings (SSSR count). The van der Waals surface area contributed by atoms with Gasteiger partial charge in [-0.25, -0.2) is 4.79 Å². The van der Waals surface area contributed by atoms with E-state index >= 15 is 0 Å². The van der Waals surface area contributed by atoms with Crippen molar-refractivity contribution in [1.29, 1.82) is 0 Å². The number of nitrogens with zero attached hydrogens (tertiary/aromatic N) is 2. The Balaban J connectivity index is 1.42. The maximum Gasteiger partial charge on any atom is 0.317 e. The van der Waals surface area contributed by atoms with Crippen LogP contribution in [0.15, 0.2) is 48.5 Å². The minimum Gasteiger partial charge on any atom is -0.497 e. The first-order valence-electron chi connectivity index (χ1n) is 9.69. The summed E-state index contributed by atoms with van der Waals surface area (Å²) in [4.78, 5) is 16.7. The highest BCUT2D eigenvalue weighted by molar-refractivity contribution is 5.74. The Labute approximate surface area is 161 Å². The molecule has 0 spiro atoms. The molecule has 5 heteroatoms. The highest BCUT2D eigenvalue weighted by atomic mass is 16.5. The van der Waals surface area contributed by atoms with E-state index in [1.165, 1.54) is 11.3 Å². The van der Waals surface area contributed by atoms with Gasteiger partial charge >= 0.3 is 6.03 Å². The Morgan fingerprint density at radius 3 is 2.44 bits per heavy atom. The summed E-state index contributed by atoms with van der Waals surface area (Å²) in [5.41, 5.74) is 3.76. The number of urea groups is 1. The topological polar surface area (TPSA) is 44.8 Å². The van der Waals surface area contributed by atoms with Gasteiger partial charge < -0.3 is 19.9 Å². The fourth-order valence-electron chi connectivity index (χ4n) is 3.36. The van der Waals surface area contributed by atoms with Gasteiger partial charge in [0.25, 0.3) is 0 Å². The number of carbonyl (C=O) groups is 1. The number of nitrogens with one attached hydrogen (secondary N) is 1. The van der Waals surface area contributed by atoms with Crippen LogP contribution in [-0.4, -0.2) is 50.8 Å². The fraction of sp³-hybridized carbons (Fsp3) is 0.409. The lowest BCUT2D eigenvalue weighted by atomic mass is 10.1. The van der Waals surface area contributed by atoms with Gasteiger partial charge in [0, 0.05) is 38.4 Å². The summed E-state index contributed by atoms with van der Waals surface area (Å²) in [5.74, 6) is 0.849. The largest absolute Gasteiger partial charge is 0.497 e. The van der Waals surface area contributed by atoms with E-state index in [0.29, 0.717) is 6.54 Å². The molecule has 2 aromatic rings. The van der Waals surface area contributed by atoms with Gasteiger partial charge in [0.2, 0.25) is 0 Å². The lowest BCUT2D eigenvalue weighted by Gasteiger charge is -2.36. The second kappa shape index (κ2) is 9.31. The van der Waals surface area contributed by atoms with Crippen LogP contribution in [-0.2, 0) is 12.8 Å². The Bertz CT molecular complexity index is 737. The number of ether oxygens (including phenoxy) is 1. The first-order valence-corrected chi connectivity index (χ1v) is 9.69. The molecule has 2 aromatic carbocycles. The van der Waals surface area contributed by atoms with Crippen LogP contribution in [0, 0.1) is 0 Å². The normalized spacial score (nSPS) is 14.1. The molecule has 2 amide bonds. The molecule has 0 bridgehead atoms. The molecule has 1 aliphatic heterocycles. The zero-order valence-electron chi connectivity index (χ0n) is 16.3. The molecule has 0 unspecified atom stereocenters. The Morgan fingerprint density at radius 1 is 1.04 bits per heavy atom. The molecule has 1 heterocycles. The van der Waals surface area contributed by atoms with E-state index < -0.39 is 0 Å². The van der Waals surface area contributed by atoms with E-state index in [1.54, 1.807) is 7.11 Å². The van der Waals surface area contributed by atoms with Gasteiger partial charge in [-0.1, -0.05) is 31.2 Å². The molecular weight excluding hydrogens is 338 g/mol. The smallest absolute Gasteiger partial charge is 0.317 e. The lowest BCUT2D eigenvalue weighted by molar-refractivity contribution is 0.194. The van der Waals surface area contributed by atoms with E-state index in [4.69, 9.17) is 4.74 Å². The third kappa shape index (κ3) is 5.16. The van der Waals surface area contributed by atoms with E-state index in [2.05, 4.69) is 47.5 Å². The molecule has 0 aromatic heterocycles. The van der Waals surface area contributed by atoms with Gasteiger partial charge in [0.15, 0.2) is 0 Å². The number of carbonyl (C=O) groups excluding carboxylic acids is 1. The van der Waals surface area contributed by atoms with E-state index in [0.717, 1.165) is 50.3 Å². The van der Waals surface area contributed by atoms with Crippen LogP contribution in [0.5, 0.6) is 5.75 Å². The van der Waals surface area contributed by atoms with Crippen molar-refractivity contribution < 1.29 is 9.53 Å². The predicted molar refractivity (Wildman–Crippen MR) is 110 cm³/mol. The highest BCUT2D eigenvalue weighted by Crippen LogP contribution is 2.18. The summed E-state index contributed by atoms with van der Waals surface area (Å²) in [6.45, 7) is 6.04. The number of benzene rings is 2. The summed E-state index contributed by atoms with van der Waals surface area (Å²) in [5, 5.41) is 3.04. The first-order chi connectivity index (χ1) is 13.2. The van der Waals surface area contributed by atoms with Gasteiger partial charge in [-0.15, -0.1) is 0 Å². The third-order valence-corrected chi connectivity index (χ3v) is 5.10. The van der Waals surface area contributed by atoms with E-state index in [9.17, 15) is 4.79 Å². The predicted octanol–water partition coefficient (Wildman–Crippen LogP) is 3.33. The summed E-state index contributed by atoms with van der Waals surface area (Å²) in [6, 6.07) is 16.7. The second-order valence-corrected chi connectivity index (χ2v) is 6.83. The number of rotatable bonds is 6. The number of aryl methyl sites for hydroxylation is 1. The first kappa shape index (κ1) is 19.1. The van der Waals surface area contributed by atoms with Crippen LogP contribution in [0.3, 0.4) is 0 Å². The number of methoxy groups -OCH3 is 1. The Hall–Kier alpha value is -2.69. The van der Waals surface area contributed by atoms with E-state index in [1.807, 2.05) is 23.1 Å². The minimum absolute atomic E-state index is 0.0267. The van der Waals surface area contributed by atoms with Crippen LogP contribution < -0.4 is 15.0 Å². The zero-order valence-corrected chi connectivity index (χ0v) is 16.3. The summed E-state index contributed by atoms with van der Waals surface area (Å²) in [7, 11) is 1.67. The maximum absolute atomic E-state index is 12.4. The molecule has 1 N–H and O–H groups in total. The Kier molecular flexibility index (Phi) is 6.58. The van der Waals surface area contributed by atoms with Gasteiger partial charge in [0.1, 0.15) is 5.75 Å². The molecule has 1 saturated heterocycles. The average Bonchev–Trinajstić information content (AvgIpc) is 2.74. The molecule has 144 valence electrons. The summed E-state index contributed by atoms with van der Waals surface area (Å²) >= 11 is 0. The standard InChI is InChI=1S/C22H29N3O2/c1-3-18-7-9-20(10-8-18)24-13-15-25(16-14-24)22(26)23-12-11-19-5-4-6-21(17-19)27-2/h4-10,17H,3,11-16H2,1-2H3,(H,23,26). The molecule has 1 fully saturated rings. The summed E-state index contributed by atoms with van der Waals surface area (Å²) in [6.07, 6.45) is 1.86. The molecule has 0 aliphatic carbocycles. The SMILES string of the molecule is CCc1ccc(N2CCN(C(=O)NCCc3cccc(OC)c3)CC2)cc1. The van der Waals surface area contributed by atoms with Gasteiger partial charge in [-0.05, 0) is 48.2 Å². The van der Waals surface area contributed by atoms with Crippen LogP contribution in [0.1, 0.15) is 18.1 Å². The molecule has 5 nitrogen and oxygen atoms in total. The van der Waals surface area contributed by atoms with Crippen molar-refractivity contribution in [2.24, 2.45) is 0 Å². The quantitative estimate of drug-likeness (QED) is 0.852. The van der Waals surface area contributed by atoms with Crippen molar-refractivity contribution in [3.63, 3.8) is 0 Å². The van der Waals surface area contributed by atoms with Gasteiger partial charge in [-0.2, -0.15) is 0 Å². The van der Waals surface area contributed by atoms with Gasteiger partial charge in [0.05, 0.1) is 7.11 Å². The lowest BCUT2D eigenvalue weighted by Crippen LogP contribution is -2.52. The molecule has 0 atom stereocenters.